The summed E-state index contributed by atoms with van der Waals surface area (Å²) in [7, 11) is 0. The molecule has 2 heteroatoms. The smallest absolute Gasteiger partial charge is 0.0641 e. The van der Waals surface area contributed by atoms with Gasteiger partial charge in [0.25, 0.3) is 0 Å². The first-order valence-corrected chi connectivity index (χ1v) is 3.63. The summed E-state index contributed by atoms with van der Waals surface area (Å²) in [6.07, 6.45) is 0.977. The Hall–Kier alpha value is 0.310. The van der Waals surface area contributed by atoms with Crippen LogP contribution in [-0.4, -0.2) is 22.2 Å². The minimum absolute atomic E-state index is 0.0139. The second kappa shape index (κ2) is 2.05. The Morgan fingerprint density at radius 3 is 2.57 bits per heavy atom. The molecule has 0 aromatic carbocycles. The highest BCUT2D eigenvalue weighted by Crippen LogP contribution is 2.25. The van der Waals surface area contributed by atoms with Gasteiger partial charge in [-0.25, -0.2) is 0 Å². The monoisotopic (exact) mass is 118 g/mol. The lowest BCUT2D eigenvalue weighted by atomic mass is 10.2. The second-order valence-electron chi connectivity index (χ2n) is 2.03. The van der Waals surface area contributed by atoms with Crippen molar-refractivity contribution in [1.29, 1.82) is 0 Å². The predicted molar refractivity (Wildman–Crippen MR) is 32.5 cm³/mol. The fourth-order valence-electron chi connectivity index (χ4n) is 0.795. The quantitative estimate of drug-likeness (QED) is 0.509. The first-order valence-electron chi connectivity index (χ1n) is 2.58. The summed E-state index contributed by atoms with van der Waals surface area (Å²) in [4.78, 5) is 0. The minimum atomic E-state index is -0.0139. The van der Waals surface area contributed by atoms with Gasteiger partial charge >= 0.3 is 0 Å². The fraction of sp³-hybridized carbons (Fsp3) is 1.00. The van der Waals surface area contributed by atoms with Gasteiger partial charge in [-0.05, 0) is 6.42 Å². The van der Waals surface area contributed by atoms with Crippen molar-refractivity contribution in [2.75, 3.05) is 5.75 Å². The molecule has 0 bridgehead atoms. The molecule has 1 fully saturated rings. The van der Waals surface area contributed by atoms with Crippen molar-refractivity contribution in [2.24, 2.45) is 0 Å². The van der Waals surface area contributed by atoms with Crippen LogP contribution in [0.4, 0.5) is 0 Å². The van der Waals surface area contributed by atoms with Crippen LogP contribution in [0.1, 0.15) is 13.3 Å². The molecule has 2 atom stereocenters. The summed E-state index contributed by atoms with van der Waals surface area (Å²) >= 11 is 1.86. The Morgan fingerprint density at radius 1 is 1.71 bits per heavy atom. The van der Waals surface area contributed by atoms with Gasteiger partial charge in [0, 0.05) is 11.0 Å². The van der Waals surface area contributed by atoms with E-state index in [1.54, 1.807) is 0 Å². The Kier molecular flexibility index (Phi) is 1.60. The van der Waals surface area contributed by atoms with Gasteiger partial charge in [0.05, 0.1) is 6.10 Å². The zero-order valence-electron chi connectivity index (χ0n) is 4.42. The molecule has 1 aliphatic rings. The van der Waals surface area contributed by atoms with Crippen molar-refractivity contribution < 1.29 is 5.11 Å². The van der Waals surface area contributed by atoms with E-state index in [9.17, 15) is 0 Å². The lowest BCUT2D eigenvalue weighted by Crippen LogP contribution is -2.03. The molecule has 1 rings (SSSR count). The zero-order valence-corrected chi connectivity index (χ0v) is 5.24. The van der Waals surface area contributed by atoms with Crippen molar-refractivity contribution in [3.63, 3.8) is 0 Å². The third-order valence-corrected chi connectivity index (χ3v) is 2.52. The molecular formula is C5H10OS. The first kappa shape index (κ1) is 5.45. The van der Waals surface area contributed by atoms with Crippen molar-refractivity contribution in [2.45, 2.75) is 24.7 Å². The first-order chi connectivity index (χ1) is 3.29. The largest absolute Gasteiger partial charge is 0.392 e. The molecule has 0 aromatic heterocycles. The third kappa shape index (κ3) is 1.35. The lowest BCUT2D eigenvalue weighted by Gasteiger charge is -1.94. The molecule has 0 aliphatic carbocycles. The molecule has 1 nitrogen and oxygen atoms in total. The highest BCUT2D eigenvalue weighted by atomic mass is 32.2. The van der Waals surface area contributed by atoms with Crippen molar-refractivity contribution in [3.05, 3.63) is 0 Å². The minimum Gasteiger partial charge on any atom is -0.392 e. The van der Waals surface area contributed by atoms with Crippen LogP contribution in [0, 0.1) is 0 Å². The van der Waals surface area contributed by atoms with Gasteiger partial charge in [-0.2, -0.15) is 11.8 Å². The van der Waals surface area contributed by atoms with E-state index in [-0.39, 0.29) is 6.10 Å². The highest BCUT2D eigenvalue weighted by Gasteiger charge is 2.18. The molecule has 1 aliphatic heterocycles. The molecule has 1 unspecified atom stereocenters. The summed E-state index contributed by atoms with van der Waals surface area (Å²) in [5.74, 6) is 0.946. The average molecular weight is 118 g/mol. The van der Waals surface area contributed by atoms with E-state index in [2.05, 4.69) is 6.92 Å². The Balaban J connectivity index is 2.26. The third-order valence-electron chi connectivity index (χ3n) is 1.18. The van der Waals surface area contributed by atoms with Gasteiger partial charge < -0.3 is 5.11 Å². The molecule has 1 N–H and O–H groups in total. The van der Waals surface area contributed by atoms with Gasteiger partial charge in [-0.3, -0.25) is 0 Å². The Bertz CT molecular complexity index is 57.1. The van der Waals surface area contributed by atoms with E-state index in [1.165, 1.54) is 0 Å². The highest BCUT2D eigenvalue weighted by molar-refractivity contribution is 8.00. The predicted octanol–water partition coefficient (Wildman–Crippen LogP) is 0.873. The number of hydrogen-bond acceptors (Lipinski definition) is 2. The van der Waals surface area contributed by atoms with Gasteiger partial charge in [-0.1, -0.05) is 6.92 Å². The Labute approximate surface area is 48.1 Å². The standard InChI is InChI=1S/C5H10OS/c1-4-2-5(6)3-7-4/h4-6H,2-3H2,1H3/t4?,5-/m0/s1. The van der Waals surface area contributed by atoms with Crippen LogP contribution in [0.15, 0.2) is 0 Å². The van der Waals surface area contributed by atoms with Crippen molar-refractivity contribution in [1.82, 2.24) is 0 Å². The number of aliphatic hydroxyl groups is 1. The van der Waals surface area contributed by atoms with Crippen LogP contribution in [0.25, 0.3) is 0 Å². The molecule has 1 saturated heterocycles. The maximum absolute atomic E-state index is 8.88. The van der Waals surface area contributed by atoms with Crippen LogP contribution >= 0.6 is 11.8 Å². The van der Waals surface area contributed by atoms with Crippen molar-refractivity contribution >= 4 is 11.8 Å². The SMILES string of the molecule is CC1C[C@H](O)CS1. The summed E-state index contributed by atoms with van der Waals surface area (Å²) in [6.45, 7) is 2.15. The average Bonchev–Trinajstić information content (AvgIpc) is 1.87. The van der Waals surface area contributed by atoms with Gasteiger partial charge in [0.15, 0.2) is 0 Å². The normalized spacial score (nSPS) is 42.0. The molecule has 7 heavy (non-hydrogen) atoms. The summed E-state index contributed by atoms with van der Waals surface area (Å²) in [6, 6.07) is 0. The topological polar surface area (TPSA) is 20.2 Å². The maximum atomic E-state index is 8.88. The van der Waals surface area contributed by atoms with E-state index >= 15 is 0 Å². The molecule has 0 amide bonds. The van der Waals surface area contributed by atoms with E-state index < -0.39 is 0 Å². The second-order valence-corrected chi connectivity index (χ2v) is 3.50. The van der Waals surface area contributed by atoms with Crippen LogP contribution in [0.5, 0.6) is 0 Å². The van der Waals surface area contributed by atoms with Gasteiger partial charge in [0.2, 0.25) is 0 Å². The maximum Gasteiger partial charge on any atom is 0.0641 e. The molecule has 42 valence electrons. The molecule has 0 spiro atoms. The van der Waals surface area contributed by atoms with Crippen LogP contribution < -0.4 is 0 Å². The van der Waals surface area contributed by atoms with E-state index in [4.69, 9.17) is 5.11 Å². The van der Waals surface area contributed by atoms with Crippen LogP contribution in [0.3, 0.4) is 0 Å². The number of thioether (sulfide) groups is 1. The summed E-state index contributed by atoms with van der Waals surface area (Å²) < 4.78 is 0. The lowest BCUT2D eigenvalue weighted by molar-refractivity contribution is 0.197. The van der Waals surface area contributed by atoms with Crippen LogP contribution in [-0.2, 0) is 0 Å². The van der Waals surface area contributed by atoms with Gasteiger partial charge in [0.1, 0.15) is 0 Å². The molecule has 0 radical (unpaired) electrons. The van der Waals surface area contributed by atoms with E-state index in [0.717, 1.165) is 12.2 Å². The number of aliphatic hydroxyl groups excluding tert-OH is 1. The van der Waals surface area contributed by atoms with E-state index in [0.29, 0.717) is 5.25 Å². The summed E-state index contributed by atoms with van der Waals surface area (Å²) in [5, 5.41) is 9.57. The zero-order chi connectivity index (χ0) is 5.28. The summed E-state index contributed by atoms with van der Waals surface area (Å²) in [5.41, 5.74) is 0. The van der Waals surface area contributed by atoms with E-state index in [1.807, 2.05) is 11.8 Å². The van der Waals surface area contributed by atoms with Crippen molar-refractivity contribution in [3.8, 4) is 0 Å². The van der Waals surface area contributed by atoms with Gasteiger partial charge in [-0.15, -0.1) is 0 Å². The molecule has 1 heterocycles. The fourth-order valence-corrected chi connectivity index (χ4v) is 1.84. The Morgan fingerprint density at radius 2 is 2.43 bits per heavy atom. The number of rotatable bonds is 0. The number of hydrogen-bond donors (Lipinski definition) is 1. The molecule has 0 saturated carbocycles. The van der Waals surface area contributed by atoms with Crippen LogP contribution in [0.2, 0.25) is 0 Å². The molecular weight excluding hydrogens is 108 g/mol. The molecule has 0 aromatic rings.